The monoisotopic (exact) mass is 256 g/mol. The zero-order chi connectivity index (χ0) is 10.8. The lowest BCUT2D eigenvalue weighted by atomic mass is 10.1. The molecule has 0 radical (unpaired) electrons. The molecule has 2 rings (SSSR count). The van der Waals surface area contributed by atoms with Crippen molar-refractivity contribution in [3.8, 4) is 17.0 Å². The van der Waals surface area contributed by atoms with E-state index in [-0.39, 0.29) is 12.4 Å². The summed E-state index contributed by atoms with van der Waals surface area (Å²) in [6, 6.07) is 6.01. The third-order valence-electron chi connectivity index (χ3n) is 2.15. The summed E-state index contributed by atoms with van der Waals surface area (Å²) in [6.07, 6.45) is 0. The number of ether oxygens (including phenoxy) is 1. The number of hydrogen-bond donors (Lipinski definition) is 1. The molecule has 0 fully saturated rings. The van der Waals surface area contributed by atoms with Gasteiger partial charge in [-0.1, -0.05) is 11.6 Å². The third kappa shape index (κ3) is 2.46. The number of anilines is 1. The van der Waals surface area contributed by atoms with Crippen molar-refractivity contribution in [3.63, 3.8) is 0 Å². The zero-order valence-corrected chi connectivity index (χ0v) is 10.7. The third-order valence-corrected chi connectivity index (χ3v) is 2.83. The number of aryl methyl sites for hydroxylation is 1. The summed E-state index contributed by atoms with van der Waals surface area (Å²) in [7, 11) is 1.66. The predicted octanol–water partition coefficient (Wildman–Crippen LogP) is 3.13. The minimum Gasteiger partial charge on any atom is -0.496 e. The highest BCUT2D eigenvalue weighted by Gasteiger charge is 2.08. The van der Waals surface area contributed by atoms with Crippen LogP contribution in [0.3, 0.4) is 0 Å². The molecule has 0 saturated carbocycles. The molecule has 1 aromatic carbocycles. The molecule has 0 spiro atoms. The molecular formula is C11H13ClN2OS. The second-order valence-corrected chi connectivity index (χ2v) is 4.16. The molecule has 0 aliphatic carbocycles. The molecule has 2 N–H and O–H groups in total. The van der Waals surface area contributed by atoms with Crippen LogP contribution in [0.25, 0.3) is 11.3 Å². The minimum atomic E-state index is 0. The van der Waals surface area contributed by atoms with E-state index in [0.717, 1.165) is 17.0 Å². The quantitative estimate of drug-likeness (QED) is 0.898. The van der Waals surface area contributed by atoms with Crippen LogP contribution in [-0.4, -0.2) is 12.1 Å². The number of rotatable bonds is 2. The number of nitrogens with zero attached hydrogens (tertiary/aromatic N) is 1. The number of benzene rings is 1. The van der Waals surface area contributed by atoms with Gasteiger partial charge >= 0.3 is 0 Å². The van der Waals surface area contributed by atoms with Crippen molar-refractivity contribution in [2.45, 2.75) is 6.92 Å². The van der Waals surface area contributed by atoms with Crippen LogP contribution < -0.4 is 10.5 Å². The summed E-state index contributed by atoms with van der Waals surface area (Å²) in [5.74, 6) is 0.825. The highest BCUT2D eigenvalue weighted by molar-refractivity contribution is 7.13. The van der Waals surface area contributed by atoms with E-state index < -0.39 is 0 Å². The van der Waals surface area contributed by atoms with Crippen LogP contribution in [-0.2, 0) is 0 Å². The maximum absolute atomic E-state index is 5.61. The first kappa shape index (κ1) is 12.8. The van der Waals surface area contributed by atoms with Crippen LogP contribution in [0.1, 0.15) is 5.56 Å². The number of methoxy groups -OCH3 is 1. The van der Waals surface area contributed by atoms with Gasteiger partial charge in [-0.25, -0.2) is 4.98 Å². The molecule has 0 bridgehead atoms. The van der Waals surface area contributed by atoms with Gasteiger partial charge in [-0.3, -0.25) is 0 Å². The van der Waals surface area contributed by atoms with Gasteiger partial charge < -0.3 is 10.5 Å². The van der Waals surface area contributed by atoms with Crippen molar-refractivity contribution in [1.82, 2.24) is 4.98 Å². The largest absolute Gasteiger partial charge is 0.496 e. The van der Waals surface area contributed by atoms with Crippen LogP contribution in [0.2, 0.25) is 0 Å². The maximum atomic E-state index is 5.61. The van der Waals surface area contributed by atoms with E-state index in [9.17, 15) is 0 Å². The van der Waals surface area contributed by atoms with Crippen LogP contribution in [0.5, 0.6) is 5.75 Å². The lowest BCUT2D eigenvalue weighted by molar-refractivity contribution is 0.416. The SMILES string of the molecule is COc1ccc(C)cc1-c1csc(N)n1.Cl. The highest BCUT2D eigenvalue weighted by atomic mass is 35.5. The Balaban J connectivity index is 0.00000128. The standard InChI is InChI=1S/C11H12N2OS.ClH/c1-7-3-4-10(14-2)8(5-7)9-6-15-11(12)13-9;/h3-6H,1-2H3,(H2,12,13);1H. The first-order chi connectivity index (χ1) is 7.20. The predicted molar refractivity (Wildman–Crippen MR) is 70.5 cm³/mol. The summed E-state index contributed by atoms with van der Waals surface area (Å²) >= 11 is 1.44. The van der Waals surface area contributed by atoms with Crippen LogP contribution >= 0.6 is 23.7 Å². The lowest BCUT2D eigenvalue weighted by Gasteiger charge is -2.06. The second kappa shape index (κ2) is 5.18. The number of nitrogens with two attached hydrogens (primary N) is 1. The highest BCUT2D eigenvalue weighted by Crippen LogP contribution is 2.31. The number of thiazole rings is 1. The molecule has 86 valence electrons. The molecule has 0 unspecified atom stereocenters. The van der Waals surface area contributed by atoms with Gasteiger partial charge in [0, 0.05) is 10.9 Å². The Morgan fingerprint density at radius 2 is 2.12 bits per heavy atom. The first-order valence-corrected chi connectivity index (χ1v) is 5.44. The Morgan fingerprint density at radius 1 is 1.38 bits per heavy atom. The van der Waals surface area contributed by atoms with Gasteiger partial charge in [0.2, 0.25) is 0 Å². The molecule has 0 atom stereocenters. The van der Waals surface area contributed by atoms with E-state index in [2.05, 4.69) is 4.98 Å². The van der Waals surface area contributed by atoms with E-state index in [1.54, 1.807) is 7.11 Å². The fraction of sp³-hybridized carbons (Fsp3) is 0.182. The molecule has 0 aliphatic rings. The average molecular weight is 257 g/mol. The van der Waals surface area contributed by atoms with E-state index in [1.807, 2.05) is 30.5 Å². The van der Waals surface area contributed by atoms with E-state index in [4.69, 9.17) is 10.5 Å². The summed E-state index contributed by atoms with van der Waals surface area (Å²) in [5.41, 5.74) is 8.65. The summed E-state index contributed by atoms with van der Waals surface area (Å²) in [4.78, 5) is 4.25. The van der Waals surface area contributed by atoms with Gasteiger partial charge in [-0.2, -0.15) is 0 Å². The smallest absolute Gasteiger partial charge is 0.180 e. The molecule has 2 aromatic rings. The number of halogens is 1. The van der Waals surface area contributed by atoms with Gasteiger partial charge in [-0.15, -0.1) is 23.7 Å². The minimum absolute atomic E-state index is 0. The Labute approximate surface area is 105 Å². The second-order valence-electron chi connectivity index (χ2n) is 3.27. The lowest BCUT2D eigenvalue weighted by Crippen LogP contribution is -1.89. The van der Waals surface area contributed by atoms with Crippen molar-refractivity contribution < 1.29 is 4.74 Å². The van der Waals surface area contributed by atoms with Crippen LogP contribution in [0.15, 0.2) is 23.6 Å². The fourth-order valence-electron chi connectivity index (χ4n) is 1.43. The molecule has 1 aromatic heterocycles. The van der Waals surface area contributed by atoms with Gasteiger partial charge in [0.05, 0.1) is 12.8 Å². The zero-order valence-electron chi connectivity index (χ0n) is 9.06. The summed E-state index contributed by atoms with van der Waals surface area (Å²) < 4.78 is 5.29. The van der Waals surface area contributed by atoms with Crippen molar-refractivity contribution in [1.29, 1.82) is 0 Å². The number of nitrogen functional groups attached to an aromatic ring is 1. The van der Waals surface area contributed by atoms with Crippen LogP contribution in [0.4, 0.5) is 5.13 Å². The Bertz CT molecular complexity index is 485. The van der Waals surface area contributed by atoms with E-state index >= 15 is 0 Å². The molecule has 0 amide bonds. The molecule has 5 heteroatoms. The van der Waals surface area contributed by atoms with Gasteiger partial charge in [-0.05, 0) is 19.1 Å². The molecular weight excluding hydrogens is 244 g/mol. The molecule has 1 heterocycles. The summed E-state index contributed by atoms with van der Waals surface area (Å²) in [5, 5.41) is 2.51. The van der Waals surface area contributed by atoms with Crippen molar-refractivity contribution in [3.05, 3.63) is 29.1 Å². The Hall–Kier alpha value is -1.26. The Kier molecular flexibility index (Phi) is 4.15. The normalized spacial score (nSPS) is 9.62. The van der Waals surface area contributed by atoms with E-state index in [0.29, 0.717) is 5.13 Å². The van der Waals surface area contributed by atoms with Crippen molar-refractivity contribution in [2.24, 2.45) is 0 Å². The van der Waals surface area contributed by atoms with Gasteiger partial charge in [0.25, 0.3) is 0 Å². The maximum Gasteiger partial charge on any atom is 0.180 e. The van der Waals surface area contributed by atoms with Gasteiger partial charge in [0.15, 0.2) is 5.13 Å². The number of aromatic nitrogens is 1. The van der Waals surface area contributed by atoms with E-state index in [1.165, 1.54) is 16.9 Å². The molecule has 0 aliphatic heterocycles. The molecule has 3 nitrogen and oxygen atoms in total. The molecule has 0 saturated heterocycles. The van der Waals surface area contributed by atoms with Crippen LogP contribution in [0, 0.1) is 6.92 Å². The molecule has 16 heavy (non-hydrogen) atoms. The van der Waals surface area contributed by atoms with Gasteiger partial charge in [0.1, 0.15) is 5.75 Å². The van der Waals surface area contributed by atoms with Crippen molar-refractivity contribution >= 4 is 28.9 Å². The first-order valence-electron chi connectivity index (χ1n) is 4.56. The van der Waals surface area contributed by atoms with Crippen molar-refractivity contribution in [2.75, 3.05) is 12.8 Å². The number of hydrogen-bond acceptors (Lipinski definition) is 4. The Morgan fingerprint density at radius 3 is 2.69 bits per heavy atom. The fourth-order valence-corrected chi connectivity index (χ4v) is 2.00. The topological polar surface area (TPSA) is 48.1 Å². The summed E-state index contributed by atoms with van der Waals surface area (Å²) in [6.45, 7) is 2.04. The average Bonchev–Trinajstić information content (AvgIpc) is 2.65.